The Balaban J connectivity index is 1.80. The zero-order valence-corrected chi connectivity index (χ0v) is 13.5. The summed E-state index contributed by atoms with van der Waals surface area (Å²) in [5, 5.41) is 0.549. The SMILES string of the molecule is O=C(COc1ccc(Cl)cc1Br)NNC(=O)c1ccncc1. The van der Waals surface area contributed by atoms with Crippen LogP contribution in [0.25, 0.3) is 0 Å². The predicted octanol–water partition coefficient (Wildman–Crippen LogP) is 2.34. The minimum Gasteiger partial charge on any atom is -0.483 e. The fourth-order valence-electron chi connectivity index (χ4n) is 1.47. The van der Waals surface area contributed by atoms with Crippen molar-refractivity contribution in [3.05, 3.63) is 57.8 Å². The summed E-state index contributed by atoms with van der Waals surface area (Å²) >= 11 is 9.08. The molecule has 6 nitrogen and oxygen atoms in total. The number of aromatic nitrogens is 1. The Labute approximate surface area is 139 Å². The average molecular weight is 385 g/mol. The molecule has 1 heterocycles. The van der Waals surface area contributed by atoms with Gasteiger partial charge in [0.2, 0.25) is 0 Å². The zero-order chi connectivity index (χ0) is 15.9. The number of nitrogens with one attached hydrogen (secondary N) is 2. The van der Waals surface area contributed by atoms with Crippen LogP contribution in [-0.2, 0) is 4.79 Å². The van der Waals surface area contributed by atoms with Crippen molar-refractivity contribution in [2.45, 2.75) is 0 Å². The number of nitrogens with zero attached hydrogens (tertiary/aromatic N) is 1. The highest BCUT2D eigenvalue weighted by molar-refractivity contribution is 9.10. The van der Waals surface area contributed by atoms with Gasteiger partial charge in [-0.15, -0.1) is 0 Å². The van der Waals surface area contributed by atoms with Crippen molar-refractivity contribution in [2.24, 2.45) is 0 Å². The molecule has 2 N–H and O–H groups in total. The number of rotatable bonds is 4. The highest BCUT2D eigenvalue weighted by atomic mass is 79.9. The molecule has 0 radical (unpaired) electrons. The first-order valence-electron chi connectivity index (χ1n) is 6.13. The van der Waals surface area contributed by atoms with Crippen molar-refractivity contribution in [2.75, 3.05) is 6.61 Å². The largest absolute Gasteiger partial charge is 0.483 e. The predicted molar refractivity (Wildman–Crippen MR) is 84.5 cm³/mol. The van der Waals surface area contributed by atoms with Gasteiger partial charge in [0.1, 0.15) is 5.75 Å². The molecule has 0 unspecified atom stereocenters. The van der Waals surface area contributed by atoms with Crippen molar-refractivity contribution < 1.29 is 14.3 Å². The zero-order valence-electron chi connectivity index (χ0n) is 11.2. The van der Waals surface area contributed by atoms with Crippen LogP contribution in [0.4, 0.5) is 0 Å². The molecule has 22 heavy (non-hydrogen) atoms. The van der Waals surface area contributed by atoms with Crippen molar-refractivity contribution >= 4 is 39.3 Å². The first kappa shape index (κ1) is 16.3. The number of hydrogen-bond donors (Lipinski definition) is 2. The van der Waals surface area contributed by atoms with E-state index in [4.69, 9.17) is 16.3 Å². The lowest BCUT2D eigenvalue weighted by Gasteiger charge is -2.10. The van der Waals surface area contributed by atoms with E-state index in [1.165, 1.54) is 24.5 Å². The van der Waals surface area contributed by atoms with Crippen LogP contribution in [0.5, 0.6) is 5.75 Å². The molecule has 0 saturated heterocycles. The lowest BCUT2D eigenvalue weighted by molar-refractivity contribution is -0.123. The molecule has 0 aliphatic carbocycles. The minimum atomic E-state index is -0.496. The van der Waals surface area contributed by atoms with E-state index < -0.39 is 11.8 Å². The Morgan fingerprint density at radius 3 is 2.59 bits per heavy atom. The molecule has 2 rings (SSSR count). The third-order valence-corrected chi connectivity index (χ3v) is 3.37. The van der Waals surface area contributed by atoms with Crippen molar-refractivity contribution in [1.82, 2.24) is 15.8 Å². The monoisotopic (exact) mass is 383 g/mol. The molecule has 8 heteroatoms. The van der Waals surface area contributed by atoms with Gasteiger partial charge in [0, 0.05) is 23.0 Å². The normalized spacial score (nSPS) is 9.91. The van der Waals surface area contributed by atoms with E-state index in [0.29, 0.717) is 20.8 Å². The molecule has 0 fully saturated rings. The molecule has 1 aromatic heterocycles. The second-order valence-electron chi connectivity index (χ2n) is 4.10. The summed E-state index contributed by atoms with van der Waals surface area (Å²) in [6.07, 6.45) is 2.97. The van der Waals surface area contributed by atoms with Crippen LogP contribution >= 0.6 is 27.5 Å². The van der Waals surface area contributed by atoms with E-state index in [1.807, 2.05) is 0 Å². The van der Waals surface area contributed by atoms with Gasteiger partial charge in [0.15, 0.2) is 6.61 Å². The van der Waals surface area contributed by atoms with Crippen LogP contribution in [0.15, 0.2) is 47.2 Å². The molecular weight excluding hydrogens is 374 g/mol. The van der Waals surface area contributed by atoms with Crippen LogP contribution in [0.1, 0.15) is 10.4 Å². The Hall–Kier alpha value is -2.12. The highest BCUT2D eigenvalue weighted by Crippen LogP contribution is 2.27. The molecule has 114 valence electrons. The fourth-order valence-corrected chi connectivity index (χ4v) is 2.27. The van der Waals surface area contributed by atoms with Crippen molar-refractivity contribution in [1.29, 1.82) is 0 Å². The molecule has 2 amide bonds. The molecule has 2 aromatic rings. The van der Waals surface area contributed by atoms with E-state index in [-0.39, 0.29) is 6.61 Å². The Bertz CT molecular complexity index is 682. The number of hydrazine groups is 1. The van der Waals surface area contributed by atoms with E-state index in [2.05, 4.69) is 31.8 Å². The summed E-state index contributed by atoms with van der Waals surface area (Å²) in [6, 6.07) is 7.99. The third kappa shape index (κ3) is 4.71. The topological polar surface area (TPSA) is 80.3 Å². The number of carbonyl (C=O) groups excluding carboxylic acids is 2. The standard InChI is InChI=1S/C14H11BrClN3O3/c15-11-7-10(16)1-2-12(11)22-8-13(20)18-19-14(21)9-3-5-17-6-4-9/h1-7H,8H2,(H,18,20)(H,19,21). The molecule has 0 aliphatic rings. The van der Waals surface area contributed by atoms with Gasteiger partial charge in [0.05, 0.1) is 4.47 Å². The first-order chi connectivity index (χ1) is 10.6. The number of pyridine rings is 1. The van der Waals surface area contributed by atoms with Gasteiger partial charge in [-0.25, -0.2) is 0 Å². The van der Waals surface area contributed by atoms with Crippen LogP contribution in [-0.4, -0.2) is 23.4 Å². The second kappa shape index (κ2) is 7.77. The van der Waals surface area contributed by atoms with Gasteiger partial charge in [-0.3, -0.25) is 25.4 Å². The smallest absolute Gasteiger partial charge is 0.276 e. The Morgan fingerprint density at radius 2 is 1.91 bits per heavy atom. The summed E-state index contributed by atoms with van der Waals surface area (Å²) in [4.78, 5) is 27.1. The fraction of sp³-hybridized carbons (Fsp3) is 0.0714. The van der Waals surface area contributed by atoms with E-state index in [9.17, 15) is 9.59 Å². The Kier molecular flexibility index (Phi) is 5.74. The summed E-state index contributed by atoms with van der Waals surface area (Å²) in [6.45, 7) is -0.253. The molecule has 0 saturated carbocycles. The van der Waals surface area contributed by atoms with Crippen LogP contribution in [0, 0.1) is 0 Å². The van der Waals surface area contributed by atoms with Gasteiger partial charge >= 0.3 is 0 Å². The van der Waals surface area contributed by atoms with Crippen molar-refractivity contribution in [3.8, 4) is 5.75 Å². The average Bonchev–Trinajstić information content (AvgIpc) is 2.52. The number of hydrogen-bond acceptors (Lipinski definition) is 4. The van der Waals surface area contributed by atoms with Crippen molar-refractivity contribution in [3.63, 3.8) is 0 Å². The Morgan fingerprint density at radius 1 is 1.18 bits per heavy atom. The number of ether oxygens (including phenoxy) is 1. The van der Waals surface area contributed by atoms with E-state index >= 15 is 0 Å². The maximum absolute atomic E-state index is 11.7. The van der Waals surface area contributed by atoms with Gasteiger partial charge in [-0.1, -0.05) is 11.6 Å². The summed E-state index contributed by atoms with van der Waals surface area (Å²) in [5.74, 6) is -0.465. The molecule has 0 aliphatic heterocycles. The quantitative estimate of drug-likeness (QED) is 0.793. The molecular formula is C14H11BrClN3O3. The molecule has 0 atom stereocenters. The van der Waals surface area contributed by atoms with Gasteiger partial charge in [-0.2, -0.15) is 0 Å². The lowest BCUT2D eigenvalue weighted by atomic mass is 10.3. The lowest BCUT2D eigenvalue weighted by Crippen LogP contribution is -2.43. The number of halogens is 2. The summed E-state index contributed by atoms with van der Waals surface area (Å²) < 4.78 is 5.95. The number of carbonyl (C=O) groups is 2. The summed E-state index contributed by atoms with van der Waals surface area (Å²) in [5.41, 5.74) is 4.92. The number of benzene rings is 1. The highest BCUT2D eigenvalue weighted by Gasteiger charge is 2.08. The summed E-state index contributed by atoms with van der Waals surface area (Å²) in [7, 11) is 0. The van der Waals surface area contributed by atoms with Crippen LogP contribution < -0.4 is 15.6 Å². The van der Waals surface area contributed by atoms with Crippen LogP contribution in [0.2, 0.25) is 5.02 Å². The first-order valence-corrected chi connectivity index (χ1v) is 7.30. The maximum Gasteiger partial charge on any atom is 0.276 e. The second-order valence-corrected chi connectivity index (χ2v) is 5.39. The van der Waals surface area contributed by atoms with E-state index in [0.717, 1.165) is 0 Å². The molecule has 0 bridgehead atoms. The van der Waals surface area contributed by atoms with Gasteiger partial charge < -0.3 is 4.74 Å². The van der Waals surface area contributed by atoms with Gasteiger partial charge in [0.25, 0.3) is 11.8 Å². The third-order valence-electron chi connectivity index (χ3n) is 2.51. The van der Waals surface area contributed by atoms with Crippen LogP contribution in [0.3, 0.4) is 0 Å². The maximum atomic E-state index is 11.7. The molecule has 0 spiro atoms. The number of amides is 2. The minimum absolute atomic E-state index is 0.253. The van der Waals surface area contributed by atoms with Gasteiger partial charge in [-0.05, 0) is 46.3 Å². The van der Waals surface area contributed by atoms with E-state index in [1.54, 1.807) is 18.2 Å². The molecule has 1 aromatic carbocycles.